The van der Waals surface area contributed by atoms with Crippen LogP contribution in [0.1, 0.15) is 48.6 Å². The van der Waals surface area contributed by atoms with Gasteiger partial charge in [0.25, 0.3) is 0 Å². The van der Waals surface area contributed by atoms with E-state index < -0.39 is 0 Å². The van der Waals surface area contributed by atoms with Gasteiger partial charge in [0.2, 0.25) is 0 Å². The number of para-hydroxylation sites is 1. The van der Waals surface area contributed by atoms with Gasteiger partial charge in [0.15, 0.2) is 0 Å². The first-order chi connectivity index (χ1) is 20.4. The highest BCUT2D eigenvalue weighted by Crippen LogP contribution is 2.36. The SMILES string of the molecule is CCOC(=O)Cc1cc(COC)ccc1OCc1nn(CC2CCC2)c2ccc(-c3cccc(C(=N)N)c3OC)cc12. The zero-order chi connectivity index (χ0) is 29.6. The average molecular weight is 571 g/mol. The van der Waals surface area contributed by atoms with Crippen LogP contribution in [0.15, 0.2) is 54.6 Å². The van der Waals surface area contributed by atoms with E-state index in [9.17, 15) is 4.79 Å². The van der Waals surface area contributed by atoms with E-state index in [1.807, 2.05) is 30.3 Å². The van der Waals surface area contributed by atoms with Crippen LogP contribution in [0.2, 0.25) is 0 Å². The van der Waals surface area contributed by atoms with Gasteiger partial charge in [-0.25, -0.2) is 0 Å². The predicted molar refractivity (Wildman–Crippen MR) is 162 cm³/mol. The molecule has 1 saturated carbocycles. The lowest BCUT2D eigenvalue weighted by Crippen LogP contribution is -2.18. The van der Waals surface area contributed by atoms with Gasteiger partial charge < -0.3 is 24.7 Å². The van der Waals surface area contributed by atoms with Crippen LogP contribution in [0, 0.1) is 11.3 Å². The zero-order valence-corrected chi connectivity index (χ0v) is 24.4. The maximum atomic E-state index is 12.4. The van der Waals surface area contributed by atoms with Crippen molar-refractivity contribution in [2.75, 3.05) is 20.8 Å². The van der Waals surface area contributed by atoms with Gasteiger partial charge in [0, 0.05) is 30.2 Å². The molecule has 1 aromatic heterocycles. The van der Waals surface area contributed by atoms with Gasteiger partial charge in [-0.3, -0.25) is 14.9 Å². The molecular formula is C33H38N4O5. The van der Waals surface area contributed by atoms with Crippen molar-refractivity contribution in [3.63, 3.8) is 0 Å². The lowest BCUT2D eigenvalue weighted by molar-refractivity contribution is -0.142. The highest BCUT2D eigenvalue weighted by molar-refractivity contribution is 6.00. The van der Waals surface area contributed by atoms with Gasteiger partial charge in [0.1, 0.15) is 29.6 Å². The fourth-order valence-corrected chi connectivity index (χ4v) is 5.46. The van der Waals surface area contributed by atoms with Crippen molar-refractivity contribution in [2.45, 2.75) is 52.4 Å². The third-order valence-electron chi connectivity index (χ3n) is 7.74. The Hall–Kier alpha value is -4.37. The number of aromatic nitrogens is 2. The maximum absolute atomic E-state index is 12.4. The first-order valence-electron chi connectivity index (χ1n) is 14.3. The van der Waals surface area contributed by atoms with Gasteiger partial charge in [-0.1, -0.05) is 30.7 Å². The quantitative estimate of drug-likeness (QED) is 0.121. The second kappa shape index (κ2) is 13.1. The standard InChI is InChI=1S/C33H38N4O5/c1-4-41-31(38)17-24-15-22(19-39-2)11-14-30(24)42-20-28-27-16-23(25-9-6-10-26(33(34)35)32(25)40-3)12-13-29(27)37(36-28)18-21-7-5-8-21/h6,9-16,21H,4-5,7-8,17-20H2,1-3H3,(H3,34,35). The number of nitrogens with two attached hydrogens (primary N) is 1. The van der Waals surface area contributed by atoms with Crippen molar-refractivity contribution in [1.29, 1.82) is 5.41 Å². The Kier molecular flexibility index (Phi) is 9.07. The van der Waals surface area contributed by atoms with Crippen LogP contribution >= 0.6 is 0 Å². The van der Waals surface area contributed by atoms with Crippen LogP contribution in [-0.4, -0.2) is 42.4 Å². The molecular weight excluding hydrogens is 532 g/mol. The molecule has 0 unspecified atom stereocenters. The summed E-state index contributed by atoms with van der Waals surface area (Å²) in [4.78, 5) is 12.4. The molecule has 1 aliphatic carbocycles. The second-order valence-corrected chi connectivity index (χ2v) is 10.6. The molecule has 0 saturated heterocycles. The van der Waals surface area contributed by atoms with Crippen molar-refractivity contribution in [2.24, 2.45) is 11.7 Å². The van der Waals surface area contributed by atoms with E-state index in [1.54, 1.807) is 27.2 Å². The van der Waals surface area contributed by atoms with Crippen molar-refractivity contribution in [1.82, 2.24) is 9.78 Å². The zero-order valence-electron chi connectivity index (χ0n) is 24.4. The fraction of sp³-hybridized carbons (Fsp3) is 0.364. The molecule has 0 atom stereocenters. The van der Waals surface area contributed by atoms with Gasteiger partial charge in [0.05, 0.1) is 37.8 Å². The number of nitrogens with zero attached hydrogens (tertiary/aromatic N) is 2. The summed E-state index contributed by atoms with van der Waals surface area (Å²) in [6.45, 7) is 3.63. The highest BCUT2D eigenvalue weighted by Gasteiger charge is 2.22. The Morgan fingerprint density at radius 3 is 2.62 bits per heavy atom. The van der Waals surface area contributed by atoms with Crippen LogP contribution in [0.5, 0.6) is 11.5 Å². The summed E-state index contributed by atoms with van der Waals surface area (Å²) in [5.74, 6) is 1.43. The number of ether oxygens (including phenoxy) is 4. The number of fused-ring (bicyclic) bond motifs is 1. The lowest BCUT2D eigenvalue weighted by Gasteiger charge is -2.25. The summed E-state index contributed by atoms with van der Waals surface area (Å²) < 4.78 is 24.6. The summed E-state index contributed by atoms with van der Waals surface area (Å²) >= 11 is 0. The summed E-state index contributed by atoms with van der Waals surface area (Å²) in [7, 11) is 3.23. The first kappa shape index (κ1) is 29.1. The number of methoxy groups -OCH3 is 2. The van der Waals surface area contributed by atoms with E-state index in [0.717, 1.165) is 45.4 Å². The van der Waals surface area contributed by atoms with E-state index in [2.05, 4.69) is 22.9 Å². The summed E-state index contributed by atoms with van der Waals surface area (Å²) in [5.41, 5.74) is 11.7. The molecule has 3 aromatic carbocycles. The monoisotopic (exact) mass is 570 g/mol. The molecule has 0 spiro atoms. The normalized spacial score (nSPS) is 13.1. The van der Waals surface area contributed by atoms with E-state index in [-0.39, 0.29) is 24.8 Å². The van der Waals surface area contributed by atoms with E-state index >= 15 is 0 Å². The Morgan fingerprint density at radius 2 is 1.93 bits per heavy atom. The molecule has 9 heteroatoms. The summed E-state index contributed by atoms with van der Waals surface area (Å²) in [6, 6.07) is 17.6. The van der Waals surface area contributed by atoms with Crippen LogP contribution < -0.4 is 15.2 Å². The second-order valence-electron chi connectivity index (χ2n) is 10.6. The van der Waals surface area contributed by atoms with Crippen LogP contribution in [0.25, 0.3) is 22.0 Å². The Balaban J connectivity index is 1.52. The number of hydrogen-bond donors (Lipinski definition) is 2. The molecule has 1 aliphatic rings. The summed E-state index contributed by atoms with van der Waals surface area (Å²) in [6.07, 6.45) is 3.79. The van der Waals surface area contributed by atoms with E-state index in [4.69, 9.17) is 35.2 Å². The molecule has 0 aliphatic heterocycles. The van der Waals surface area contributed by atoms with Crippen LogP contribution in [0.4, 0.5) is 0 Å². The largest absolute Gasteiger partial charge is 0.495 e. The Bertz CT molecular complexity index is 1590. The third kappa shape index (κ3) is 6.26. The highest BCUT2D eigenvalue weighted by atomic mass is 16.5. The van der Waals surface area contributed by atoms with Gasteiger partial charge >= 0.3 is 5.97 Å². The molecule has 5 rings (SSSR count). The van der Waals surface area contributed by atoms with Crippen LogP contribution in [-0.2, 0) is 40.4 Å². The van der Waals surface area contributed by atoms with E-state index in [0.29, 0.717) is 36.2 Å². The predicted octanol–water partition coefficient (Wildman–Crippen LogP) is 5.63. The van der Waals surface area contributed by atoms with Crippen molar-refractivity contribution in [3.05, 3.63) is 77.0 Å². The number of nitrogen functional groups attached to an aromatic ring is 1. The number of amidine groups is 1. The topological polar surface area (TPSA) is 122 Å². The molecule has 0 radical (unpaired) electrons. The fourth-order valence-electron chi connectivity index (χ4n) is 5.46. The number of carbonyl (C=O) groups is 1. The molecule has 0 bridgehead atoms. The van der Waals surface area contributed by atoms with Gasteiger partial charge in [-0.2, -0.15) is 5.10 Å². The number of nitrogens with one attached hydrogen (secondary N) is 1. The smallest absolute Gasteiger partial charge is 0.310 e. The molecule has 4 aromatic rings. The average Bonchev–Trinajstić information content (AvgIpc) is 3.30. The third-order valence-corrected chi connectivity index (χ3v) is 7.74. The minimum Gasteiger partial charge on any atom is -0.495 e. The van der Waals surface area contributed by atoms with Crippen LogP contribution in [0.3, 0.4) is 0 Å². The summed E-state index contributed by atoms with van der Waals surface area (Å²) in [5, 5.41) is 14.0. The van der Waals surface area contributed by atoms with Gasteiger partial charge in [-0.15, -0.1) is 0 Å². The number of benzene rings is 3. The number of esters is 1. The molecule has 220 valence electrons. The molecule has 42 heavy (non-hydrogen) atoms. The molecule has 1 fully saturated rings. The first-order valence-corrected chi connectivity index (χ1v) is 14.3. The van der Waals surface area contributed by atoms with E-state index in [1.165, 1.54) is 19.3 Å². The molecule has 0 amide bonds. The Labute approximate surface area is 246 Å². The van der Waals surface area contributed by atoms with Crippen molar-refractivity contribution in [3.8, 4) is 22.6 Å². The lowest BCUT2D eigenvalue weighted by atomic mass is 9.85. The minimum atomic E-state index is -0.307. The number of hydrogen-bond acceptors (Lipinski definition) is 7. The van der Waals surface area contributed by atoms with Crippen molar-refractivity contribution < 1.29 is 23.7 Å². The number of rotatable bonds is 13. The molecule has 1 heterocycles. The minimum absolute atomic E-state index is 0.0488. The molecule has 3 N–H and O–H groups in total. The number of carbonyl (C=O) groups excluding carboxylic acids is 1. The molecule has 9 nitrogen and oxygen atoms in total. The van der Waals surface area contributed by atoms with Gasteiger partial charge in [-0.05, 0) is 67.1 Å². The maximum Gasteiger partial charge on any atom is 0.310 e. The Morgan fingerprint density at radius 1 is 1.10 bits per heavy atom. The van der Waals surface area contributed by atoms with Crippen molar-refractivity contribution >= 4 is 22.7 Å².